The van der Waals surface area contributed by atoms with Gasteiger partial charge in [0, 0.05) is 50.3 Å². The first-order valence-corrected chi connectivity index (χ1v) is 11.2. The van der Waals surface area contributed by atoms with Gasteiger partial charge in [0.2, 0.25) is 5.95 Å². The molecule has 1 atom stereocenters. The molecule has 1 aliphatic carbocycles. The van der Waals surface area contributed by atoms with Gasteiger partial charge < -0.3 is 9.74 Å². The molecule has 5 rings (SSSR count). The fourth-order valence-electron chi connectivity index (χ4n) is 4.18. The molecule has 0 N–H and O–H groups in total. The molecule has 0 radical (unpaired) electrons. The summed E-state index contributed by atoms with van der Waals surface area (Å²) in [6.07, 6.45) is 11.5. The van der Waals surface area contributed by atoms with Crippen molar-refractivity contribution in [3.05, 3.63) is 65.8 Å². The van der Waals surface area contributed by atoms with Crippen LogP contribution in [0.4, 0.5) is 14.7 Å². The number of hydrogen-bond acceptors (Lipinski definition) is 8. The van der Waals surface area contributed by atoms with Gasteiger partial charge in [0.05, 0.1) is 5.71 Å². The summed E-state index contributed by atoms with van der Waals surface area (Å²) in [6, 6.07) is 2.33. The Bertz CT molecular complexity index is 1190. The highest BCUT2D eigenvalue weighted by Gasteiger charge is 2.24. The number of hydrogen-bond donors (Lipinski definition) is 0. The highest BCUT2D eigenvalue weighted by molar-refractivity contribution is 5.95. The Kier molecular flexibility index (Phi) is 6.24. The van der Waals surface area contributed by atoms with Gasteiger partial charge in [-0.2, -0.15) is 4.68 Å². The maximum atomic E-state index is 14.7. The zero-order valence-electron chi connectivity index (χ0n) is 18.7. The predicted octanol–water partition coefficient (Wildman–Crippen LogP) is 3.51. The Balaban J connectivity index is 1.17. The number of oxime groups is 1. The van der Waals surface area contributed by atoms with Gasteiger partial charge in [-0.25, -0.2) is 18.7 Å². The molecular weight excluding hydrogens is 442 g/mol. The maximum absolute atomic E-state index is 14.7. The fourth-order valence-corrected chi connectivity index (χ4v) is 4.18. The van der Waals surface area contributed by atoms with Gasteiger partial charge in [0.1, 0.15) is 29.8 Å². The van der Waals surface area contributed by atoms with E-state index in [4.69, 9.17) is 4.84 Å². The second kappa shape index (κ2) is 9.62. The van der Waals surface area contributed by atoms with Crippen LogP contribution in [0.1, 0.15) is 42.7 Å². The molecule has 3 heterocycles. The van der Waals surface area contributed by atoms with Crippen molar-refractivity contribution >= 4 is 11.7 Å². The van der Waals surface area contributed by atoms with Crippen LogP contribution in [0, 0.1) is 18.6 Å². The number of anilines is 1. The van der Waals surface area contributed by atoms with Gasteiger partial charge in [-0.15, -0.1) is 5.10 Å². The van der Waals surface area contributed by atoms with Crippen LogP contribution in [0.5, 0.6) is 0 Å². The highest BCUT2D eigenvalue weighted by atomic mass is 19.1. The molecule has 34 heavy (non-hydrogen) atoms. The van der Waals surface area contributed by atoms with Crippen molar-refractivity contribution in [2.75, 3.05) is 18.0 Å². The van der Waals surface area contributed by atoms with Crippen LogP contribution >= 0.6 is 0 Å². The molecule has 0 amide bonds. The van der Waals surface area contributed by atoms with Gasteiger partial charge in [-0.05, 0) is 53.5 Å². The molecule has 176 valence electrons. The SMILES string of the molecule is Cc1cnc(N2CCC(ON=C3C=CC(c4cc(F)c(-n5cnnn5)cc4F)CC3)CC2)nc1. The number of nitrogens with zero attached hydrogens (tertiary/aromatic N) is 8. The Morgan fingerprint density at radius 2 is 1.85 bits per heavy atom. The molecule has 3 aromatic rings. The first-order chi connectivity index (χ1) is 16.6. The van der Waals surface area contributed by atoms with E-state index >= 15 is 0 Å². The molecule has 1 aliphatic heterocycles. The van der Waals surface area contributed by atoms with E-state index in [2.05, 4.69) is 35.5 Å². The molecule has 1 saturated heterocycles. The monoisotopic (exact) mass is 466 g/mol. The molecular formula is C23H24F2N8O. The number of tetrazole rings is 1. The molecule has 1 aromatic carbocycles. The fraction of sp³-hybridized carbons (Fsp3) is 0.391. The quantitative estimate of drug-likeness (QED) is 0.531. The number of aryl methyl sites for hydroxylation is 1. The molecule has 0 saturated carbocycles. The summed E-state index contributed by atoms with van der Waals surface area (Å²) < 4.78 is 30.4. The Morgan fingerprint density at radius 1 is 1.06 bits per heavy atom. The van der Waals surface area contributed by atoms with Crippen LogP contribution in [0.15, 0.2) is 48.2 Å². The number of aromatic nitrogens is 6. The molecule has 1 fully saturated rings. The van der Waals surface area contributed by atoms with Crippen LogP contribution in [0.3, 0.4) is 0 Å². The van der Waals surface area contributed by atoms with E-state index in [0.29, 0.717) is 18.4 Å². The molecule has 9 nitrogen and oxygen atoms in total. The van der Waals surface area contributed by atoms with E-state index in [-0.39, 0.29) is 17.7 Å². The van der Waals surface area contributed by atoms with Gasteiger partial charge in [-0.3, -0.25) is 0 Å². The first kappa shape index (κ1) is 22.1. The van der Waals surface area contributed by atoms with Gasteiger partial charge in [0.25, 0.3) is 0 Å². The summed E-state index contributed by atoms with van der Waals surface area (Å²) in [7, 11) is 0. The summed E-state index contributed by atoms with van der Waals surface area (Å²) in [5.41, 5.74) is 2.11. The number of rotatable bonds is 5. The zero-order valence-corrected chi connectivity index (χ0v) is 18.7. The number of benzene rings is 1. The summed E-state index contributed by atoms with van der Waals surface area (Å²) in [6.45, 7) is 3.58. The lowest BCUT2D eigenvalue weighted by molar-refractivity contribution is 0.0415. The third-order valence-electron chi connectivity index (χ3n) is 6.11. The van der Waals surface area contributed by atoms with E-state index in [0.717, 1.165) is 53.9 Å². The van der Waals surface area contributed by atoms with Gasteiger partial charge in [0.15, 0.2) is 0 Å². The second-order valence-electron chi connectivity index (χ2n) is 8.52. The van der Waals surface area contributed by atoms with Crippen LogP contribution in [-0.4, -0.2) is 55.1 Å². The normalized spacial score (nSPS) is 20.1. The van der Waals surface area contributed by atoms with Gasteiger partial charge >= 0.3 is 0 Å². The van der Waals surface area contributed by atoms with E-state index in [1.807, 2.05) is 31.5 Å². The second-order valence-corrected chi connectivity index (χ2v) is 8.52. The van der Waals surface area contributed by atoms with Crippen molar-refractivity contribution in [3.63, 3.8) is 0 Å². The standard InChI is InChI=1S/C23H24F2N8O/c1-15-12-26-23(27-13-15)32-8-6-18(7-9-32)34-29-17-4-2-16(3-5-17)19-10-21(25)22(11-20(19)24)33-14-28-30-31-33/h2,4,10-14,16,18H,3,5-9H2,1H3. The molecule has 1 unspecified atom stereocenters. The average Bonchev–Trinajstić information content (AvgIpc) is 3.40. The summed E-state index contributed by atoms with van der Waals surface area (Å²) in [4.78, 5) is 16.7. The van der Waals surface area contributed by atoms with Crippen molar-refractivity contribution in [1.82, 2.24) is 30.2 Å². The van der Waals surface area contributed by atoms with E-state index in [9.17, 15) is 8.78 Å². The Hall–Kier alpha value is -3.76. The van der Waals surface area contributed by atoms with Gasteiger partial charge in [-0.1, -0.05) is 11.2 Å². The molecule has 2 aliphatic rings. The molecule has 11 heteroatoms. The zero-order chi connectivity index (χ0) is 23.5. The van der Waals surface area contributed by atoms with E-state index < -0.39 is 11.6 Å². The minimum Gasteiger partial charge on any atom is -0.392 e. The van der Waals surface area contributed by atoms with Crippen molar-refractivity contribution in [1.29, 1.82) is 0 Å². The maximum Gasteiger partial charge on any atom is 0.225 e. The first-order valence-electron chi connectivity index (χ1n) is 11.2. The Labute approximate surface area is 195 Å². The van der Waals surface area contributed by atoms with Crippen LogP contribution in [-0.2, 0) is 4.84 Å². The van der Waals surface area contributed by atoms with Crippen LogP contribution in [0.25, 0.3) is 5.69 Å². The summed E-state index contributed by atoms with van der Waals surface area (Å²) in [5, 5.41) is 14.9. The lowest BCUT2D eigenvalue weighted by Crippen LogP contribution is -2.37. The minimum atomic E-state index is -0.581. The summed E-state index contributed by atoms with van der Waals surface area (Å²) >= 11 is 0. The predicted molar refractivity (Wildman–Crippen MR) is 121 cm³/mol. The third kappa shape index (κ3) is 4.78. The lowest BCUT2D eigenvalue weighted by atomic mass is 9.88. The Morgan fingerprint density at radius 3 is 2.53 bits per heavy atom. The van der Waals surface area contributed by atoms with Crippen molar-refractivity contribution in [2.24, 2.45) is 5.16 Å². The number of halogens is 2. The van der Waals surface area contributed by atoms with Crippen molar-refractivity contribution in [3.8, 4) is 5.69 Å². The largest absolute Gasteiger partial charge is 0.392 e. The smallest absolute Gasteiger partial charge is 0.225 e. The molecule has 0 spiro atoms. The minimum absolute atomic E-state index is 0.0262. The molecule has 2 aromatic heterocycles. The average molecular weight is 466 g/mol. The van der Waals surface area contributed by atoms with E-state index in [1.165, 1.54) is 12.4 Å². The van der Waals surface area contributed by atoms with Crippen molar-refractivity contribution < 1.29 is 13.6 Å². The van der Waals surface area contributed by atoms with E-state index in [1.54, 1.807) is 0 Å². The van der Waals surface area contributed by atoms with Crippen LogP contribution < -0.4 is 4.90 Å². The lowest BCUT2D eigenvalue weighted by Gasteiger charge is -2.30. The van der Waals surface area contributed by atoms with Crippen molar-refractivity contribution in [2.45, 2.75) is 44.6 Å². The summed E-state index contributed by atoms with van der Waals surface area (Å²) in [5.74, 6) is -0.579. The third-order valence-corrected chi connectivity index (χ3v) is 6.11. The number of piperidine rings is 1. The highest BCUT2D eigenvalue weighted by Crippen LogP contribution is 2.31. The topological polar surface area (TPSA) is 94.2 Å². The number of allylic oxidation sites excluding steroid dienone is 2. The molecule has 0 bridgehead atoms. The van der Waals surface area contributed by atoms with Crippen LogP contribution in [0.2, 0.25) is 0 Å².